The number of ether oxygens (including phenoxy) is 3. The summed E-state index contributed by atoms with van der Waals surface area (Å²) in [7, 11) is 0. The van der Waals surface area contributed by atoms with E-state index in [1.165, 1.54) is 0 Å². The summed E-state index contributed by atoms with van der Waals surface area (Å²) in [6, 6.07) is 15.6. The number of carbonyl (C=O) groups is 3. The van der Waals surface area contributed by atoms with Crippen molar-refractivity contribution in [1.82, 2.24) is 20.6 Å². The molecule has 0 fully saturated rings. The van der Waals surface area contributed by atoms with Crippen LogP contribution >= 0.6 is 0 Å². The van der Waals surface area contributed by atoms with Crippen molar-refractivity contribution in [3.63, 3.8) is 0 Å². The SMILES string of the molecule is CC(C)(C)OC(=O)NC(CC(=O)NC(CCCC(=O)OCc1ccccc1)c1ncc[nH]1)c1ccc(OC(C)(C)C)cc1. The lowest BCUT2D eigenvalue weighted by molar-refractivity contribution is -0.145. The number of hydrogen-bond donors (Lipinski definition) is 3. The van der Waals surface area contributed by atoms with Crippen molar-refractivity contribution >= 4 is 18.0 Å². The number of carbonyl (C=O) groups excluding carboxylic acids is 3. The van der Waals surface area contributed by atoms with E-state index in [2.05, 4.69) is 20.6 Å². The molecule has 10 nitrogen and oxygen atoms in total. The number of aromatic amines is 1. The number of H-pyrrole nitrogens is 1. The van der Waals surface area contributed by atoms with E-state index in [9.17, 15) is 14.4 Å². The van der Waals surface area contributed by atoms with Crippen LogP contribution in [0.5, 0.6) is 5.75 Å². The largest absolute Gasteiger partial charge is 0.488 e. The van der Waals surface area contributed by atoms with Gasteiger partial charge in [0.25, 0.3) is 0 Å². The van der Waals surface area contributed by atoms with Gasteiger partial charge in [-0.1, -0.05) is 42.5 Å². The van der Waals surface area contributed by atoms with Gasteiger partial charge in [0.15, 0.2) is 0 Å². The van der Waals surface area contributed by atoms with Gasteiger partial charge in [-0.15, -0.1) is 0 Å². The lowest BCUT2D eigenvalue weighted by Crippen LogP contribution is -2.38. The minimum Gasteiger partial charge on any atom is -0.488 e. The zero-order chi connectivity index (χ0) is 31.5. The zero-order valence-electron chi connectivity index (χ0n) is 25.9. The molecule has 2 aromatic carbocycles. The number of rotatable bonds is 13. The zero-order valence-corrected chi connectivity index (χ0v) is 25.9. The van der Waals surface area contributed by atoms with E-state index in [1.54, 1.807) is 33.2 Å². The van der Waals surface area contributed by atoms with Gasteiger partial charge in [0.1, 0.15) is 29.4 Å². The Labute approximate surface area is 253 Å². The highest BCUT2D eigenvalue weighted by molar-refractivity contribution is 5.78. The highest BCUT2D eigenvalue weighted by Gasteiger charge is 2.25. The molecule has 0 spiro atoms. The highest BCUT2D eigenvalue weighted by Crippen LogP contribution is 2.25. The summed E-state index contributed by atoms with van der Waals surface area (Å²) >= 11 is 0. The first-order valence-electron chi connectivity index (χ1n) is 14.5. The van der Waals surface area contributed by atoms with Crippen LogP contribution in [0.15, 0.2) is 67.0 Å². The predicted molar refractivity (Wildman–Crippen MR) is 163 cm³/mol. The smallest absolute Gasteiger partial charge is 0.408 e. The fourth-order valence-corrected chi connectivity index (χ4v) is 4.27. The van der Waals surface area contributed by atoms with Gasteiger partial charge >= 0.3 is 12.1 Å². The molecule has 2 amide bonds. The predicted octanol–water partition coefficient (Wildman–Crippen LogP) is 6.31. The molecular formula is C33H44N4O6. The fourth-order valence-electron chi connectivity index (χ4n) is 4.27. The first-order chi connectivity index (χ1) is 20.3. The Morgan fingerprint density at radius 1 is 0.884 bits per heavy atom. The van der Waals surface area contributed by atoms with Gasteiger partial charge in [-0.25, -0.2) is 9.78 Å². The quantitative estimate of drug-likeness (QED) is 0.198. The molecule has 3 rings (SSSR count). The molecule has 0 aliphatic heterocycles. The molecule has 0 radical (unpaired) electrons. The van der Waals surface area contributed by atoms with Crippen molar-refractivity contribution in [2.45, 2.75) is 97.1 Å². The van der Waals surface area contributed by atoms with E-state index in [0.29, 0.717) is 24.4 Å². The van der Waals surface area contributed by atoms with Crippen LogP contribution < -0.4 is 15.4 Å². The van der Waals surface area contributed by atoms with Gasteiger partial charge in [-0.2, -0.15) is 0 Å². The molecule has 3 aromatic rings. The van der Waals surface area contributed by atoms with Gasteiger partial charge < -0.3 is 29.8 Å². The van der Waals surface area contributed by atoms with E-state index < -0.39 is 23.8 Å². The maximum Gasteiger partial charge on any atom is 0.408 e. The van der Waals surface area contributed by atoms with Crippen molar-refractivity contribution in [2.75, 3.05) is 0 Å². The van der Waals surface area contributed by atoms with Crippen LogP contribution in [0.1, 0.15) is 96.3 Å². The third-order valence-corrected chi connectivity index (χ3v) is 6.09. The van der Waals surface area contributed by atoms with Gasteiger partial charge in [-0.05, 0) is 77.6 Å². The summed E-state index contributed by atoms with van der Waals surface area (Å²) < 4.78 is 16.8. The topological polar surface area (TPSA) is 132 Å². The lowest BCUT2D eigenvalue weighted by atomic mass is 10.0. The Bertz CT molecular complexity index is 1300. The standard InChI is InChI=1S/C33H44N4O6/c1-32(2,3)42-25-17-15-24(16-18-25)27(37-31(40)43-33(4,5)6)21-28(38)36-26(30-34-19-20-35-30)13-10-14-29(39)41-22-23-11-8-7-9-12-23/h7-9,11-12,15-20,26-27H,10,13-14,21-22H2,1-6H3,(H,34,35)(H,36,38)(H,37,40). The summed E-state index contributed by atoms with van der Waals surface area (Å²) in [6.45, 7) is 11.4. The second-order valence-electron chi connectivity index (χ2n) is 12.3. The molecule has 43 heavy (non-hydrogen) atoms. The average molecular weight is 593 g/mol. The number of hydrogen-bond acceptors (Lipinski definition) is 7. The summed E-state index contributed by atoms with van der Waals surface area (Å²) in [5.74, 6) is 0.640. The average Bonchev–Trinajstić information content (AvgIpc) is 3.45. The first-order valence-corrected chi connectivity index (χ1v) is 14.5. The molecular weight excluding hydrogens is 548 g/mol. The van der Waals surface area contributed by atoms with Crippen molar-refractivity contribution in [3.8, 4) is 5.75 Å². The molecule has 0 saturated carbocycles. The minimum atomic E-state index is -0.700. The van der Waals surface area contributed by atoms with Crippen LogP contribution in [0.3, 0.4) is 0 Å². The Morgan fingerprint density at radius 2 is 1.58 bits per heavy atom. The second kappa shape index (κ2) is 15.2. The molecule has 0 saturated heterocycles. The maximum atomic E-state index is 13.3. The molecule has 10 heteroatoms. The van der Waals surface area contributed by atoms with Crippen LogP contribution in [-0.4, -0.2) is 39.1 Å². The Kier molecular flexibility index (Phi) is 11.7. The normalized spacial score (nSPS) is 13.0. The number of alkyl carbamates (subject to hydrolysis) is 1. The Morgan fingerprint density at radius 3 is 2.19 bits per heavy atom. The molecule has 2 atom stereocenters. The molecule has 0 aliphatic rings. The monoisotopic (exact) mass is 592 g/mol. The molecule has 3 N–H and O–H groups in total. The summed E-state index contributed by atoms with van der Waals surface area (Å²) in [5, 5.41) is 5.85. The van der Waals surface area contributed by atoms with E-state index in [-0.39, 0.29) is 36.9 Å². The molecule has 0 aliphatic carbocycles. The van der Waals surface area contributed by atoms with Crippen LogP contribution in [-0.2, 0) is 25.7 Å². The third kappa shape index (κ3) is 12.6. The third-order valence-electron chi connectivity index (χ3n) is 6.09. The van der Waals surface area contributed by atoms with Crippen LogP contribution in [0.4, 0.5) is 4.79 Å². The number of aromatic nitrogens is 2. The van der Waals surface area contributed by atoms with E-state index in [0.717, 1.165) is 11.1 Å². The first kappa shape index (κ1) is 33.2. The van der Waals surface area contributed by atoms with Crippen molar-refractivity contribution in [3.05, 3.63) is 83.9 Å². The Hall–Kier alpha value is -4.34. The fraction of sp³-hybridized carbons (Fsp3) is 0.455. The minimum absolute atomic E-state index is 0.0466. The number of imidazole rings is 1. The molecule has 0 bridgehead atoms. The molecule has 1 heterocycles. The van der Waals surface area contributed by atoms with E-state index in [1.807, 2.05) is 75.4 Å². The molecule has 2 unspecified atom stereocenters. The van der Waals surface area contributed by atoms with E-state index >= 15 is 0 Å². The molecule has 232 valence electrons. The number of nitrogens with zero attached hydrogens (tertiary/aromatic N) is 1. The van der Waals surface area contributed by atoms with Gasteiger partial charge in [0.2, 0.25) is 5.91 Å². The summed E-state index contributed by atoms with van der Waals surface area (Å²) in [6.07, 6.45) is 3.75. The van der Waals surface area contributed by atoms with Crippen molar-refractivity contribution in [2.24, 2.45) is 0 Å². The number of amides is 2. The lowest BCUT2D eigenvalue weighted by Gasteiger charge is -2.25. The maximum absolute atomic E-state index is 13.3. The number of benzene rings is 2. The van der Waals surface area contributed by atoms with Crippen molar-refractivity contribution < 1.29 is 28.6 Å². The van der Waals surface area contributed by atoms with Gasteiger partial charge in [0.05, 0.1) is 18.5 Å². The van der Waals surface area contributed by atoms with Crippen LogP contribution in [0.25, 0.3) is 0 Å². The number of esters is 1. The van der Waals surface area contributed by atoms with Crippen molar-refractivity contribution in [1.29, 1.82) is 0 Å². The van der Waals surface area contributed by atoms with E-state index in [4.69, 9.17) is 14.2 Å². The summed E-state index contributed by atoms with van der Waals surface area (Å²) in [5.41, 5.74) is 0.573. The van der Waals surface area contributed by atoms with Crippen LogP contribution in [0.2, 0.25) is 0 Å². The summed E-state index contributed by atoms with van der Waals surface area (Å²) in [4.78, 5) is 45.7. The highest BCUT2D eigenvalue weighted by atomic mass is 16.6. The second-order valence-corrected chi connectivity index (χ2v) is 12.3. The number of nitrogens with one attached hydrogen (secondary N) is 3. The molecule has 1 aromatic heterocycles. The Balaban J connectivity index is 1.64. The van der Waals surface area contributed by atoms with Crippen LogP contribution in [0, 0.1) is 0 Å². The van der Waals surface area contributed by atoms with Gasteiger partial charge in [-0.3, -0.25) is 9.59 Å². The van der Waals surface area contributed by atoms with Gasteiger partial charge in [0, 0.05) is 18.8 Å².